The summed E-state index contributed by atoms with van der Waals surface area (Å²) in [5.41, 5.74) is 3.21. The van der Waals surface area contributed by atoms with E-state index in [1.807, 2.05) is 61.7 Å². The first-order chi connectivity index (χ1) is 16.4. The standard InChI is InChI=1S/C26H29N3O4S/c1-18-15-23(19(2)29(18)16-22-9-6-14-34-22)24(30)17-33-25(31)20-10-12-28(13-11-20)26(32)27-21-7-4-3-5-8-21/h3-9,14-15,20H,10-13,16-17H2,1-2H3,(H,27,32). The molecule has 2 amide bonds. The Hall–Kier alpha value is -3.39. The maximum Gasteiger partial charge on any atom is 0.321 e. The SMILES string of the molecule is Cc1cc(C(=O)COC(=O)C2CCN(C(=O)Nc3ccccc3)CC2)c(C)n1Cc1cccs1. The predicted octanol–water partition coefficient (Wildman–Crippen LogP) is 4.88. The van der Waals surface area contributed by atoms with Crippen molar-refractivity contribution in [2.45, 2.75) is 33.2 Å². The van der Waals surface area contributed by atoms with Crippen LogP contribution in [0, 0.1) is 19.8 Å². The number of rotatable bonds is 7. The number of anilines is 1. The van der Waals surface area contributed by atoms with Crippen LogP contribution in [0.1, 0.15) is 39.5 Å². The molecule has 0 bridgehead atoms. The zero-order valence-corrected chi connectivity index (χ0v) is 20.3. The van der Waals surface area contributed by atoms with Gasteiger partial charge in [0.15, 0.2) is 6.61 Å². The van der Waals surface area contributed by atoms with Crippen LogP contribution in [0.4, 0.5) is 10.5 Å². The van der Waals surface area contributed by atoms with Gasteiger partial charge in [-0.25, -0.2) is 4.79 Å². The van der Waals surface area contributed by atoms with Gasteiger partial charge in [-0.05, 0) is 56.3 Å². The van der Waals surface area contributed by atoms with Gasteiger partial charge in [0, 0.05) is 40.6 Å². The van der Waals surface area contributed by atoms with Crippen LogP contribution in [-0.2, 0) is 16.1 Å². The Morgan fingerprint density at radius 1 is 1.06 bits per heavy atom. The first-order valence-electron chi connectivity index (χ1n) is 11.4. The summed E-state index contributed by atoms with van der Waals surface area (Å²) < 4.78 is 7.49. The van der Waals surface area contributed by atoms with Crippen LogP contribution < -0.4 is 5.32 Å². The number of piperidine rings is 1. The number of likely N-dealkylation sites (tertiary alicyclic amines) is 1. The second-order valence-corrected chi connectivity index (χ2v) is 9.57. The van der Waals surface area contributed by atoms with Crippen molar-refractivity contribution >= 4 is 34.8 Å². The monoisotopic (exact) mass is 479 g/mol. The van der Waals surface area contributed by atoms with Crippen molar-refractivity contribution in [2.24, 2.45) is 5.92 Å². The van der Waals surface area contributed by atoms with Crippen molar-refractivity contribution < 1.29 is 19.1 Å². The molecule has 0 spiro atoms. The van der Waals surface area contributed by atoms with Gasteiger partial charge in [-0.1, -0.05) is 24.3 Å². The molecule has 4 rings (SSSR count). The van der Waals surface area contributed by atoms with Crippen LogP contribution >= 0.6 is 11.3 Å². The zero-order chi connectivity index (χ0) is 24.1. The van der Waals surface area contributed by atoms with Gasteiger partial charge in [0.25, 0.3) is 0 Å². The molecule has 1 fully saturated rings. The molecule has 0 radical (unpaired) electrons. The first-order valence-corrected chi connectivity index (χ1v) is 12.3. The third-order valence-corrected chi connectivity index (χ3v) is 7.12. The number of nitrogens with one attached hydrogen (secondary N) is 1. The number of nitrogens with zero attached hydrogens (tertiary/aromatic N) is 2. The number of Topliss-reactive ketones (excluding diaryl/α,β-unsaturated/α-hetero) is 1. The third kappa shape index (κ3) is 5.56. The Morgan fingerprint density at radius 3 is 2.47 bits per heavy atom. The fourth-order valence-corrected chi connectivity index (χ4v) is 4.95. The number of esters is 1. The van der Waals surface area contributed by atoms with Crippen molar-refractivity contribution in [1.82, 2.24) is 9.47 Å². The average molecular weight is 480 g/mol. The van der Waals surface area contributed by atoms with Crippen molar-refractivity contribution in [3.63, 3.8) is 0 Å². The number of thiophene rings is 1. The average Bonchev–Trinajstić information content (AvgIpc) is 3.47. The molecule has 7 nitrogen and oxygen atoms in total. The summed E-state index contributed by atoms with van der Waals surface area (Å²) in [6.07, 6.45) is 1.04. The molecule has 1 aliphatic heterocycles. The number of carbonyl (C=O) groups is 3. The summed E-state index contributed by atoms with van der Waals surface area (Å²) in [5, 5.41) is 4.90. The van der Waals surface area contributed by atoms with Gasteiger partial charge in [0.05, 0.1) is 12.5 Å². The van der Waals surface area contributed by atoms with E-state index >= 15 is 0 Å². The molecule has 0 atom stereocenters. The molecule has 0 unspecified atom stereocenters. The number of urea groups is 1. The Kier molecular flexibility index (Phi) is 7.47. The van der Waals surface area contributed by atoms with E-state index in [0.29, 0.717) is 31.5 Å². The minimum atomic E-state index is -0.371. The molecular formula is C26H29N3O4S. The van der Waals surface area contributed by atoms with Crippen LogP contribution in [0.25, 0.3) is 0 Å². The van der Waals surface area contributed by atoms with E-state index in [1.165, 1.54) is 4.88 Å². The topological polar surface area (TPSA) is 80.6 Å². The molecule has 3 aromatic rings. The highest BCUT2D eigenvalue weighted by molar-refractivity contribution is 7.09. The highest BCUT2D eigenvalue weighted by Crippen LogP contribution is 2.22. The summed E-state index contributed by atoms with van der Waals surface area (Å²) >= 11 is 1.68. The van der Waals surface area contributed by atoms with Crippen LogP contribution in [-0.4, -0.2) is 46.9 Å². The summed E-state index contributed by atoms with van der Waals surface area (Å²) in [4.78, 5) is 40.7. The number of carbonyl (C=O) groups excluding carboxylic acids is 3. The van der Waals surface area contributed by atoms with E-state index in [2.05, 4.69) is 16.0 Å². The van der Waals surface area contributed by atoms with Gasteiger partial charge in [0.1, 0.15) is 0 Å². The molecular weight excluding hydrogens is 450 g/mol. The lowest BCUT2D eigenvalue weighted by Gasteiger charge is -2.30. The Labute approximate surface area is 203 Å². The van der Waals surface area contributed by atoms with Crippen molar-refractivity contribution in [1.29, 1.82) is 0 Å². The molecule has 1 N–H and O–H groups in total. The largest absolute Gasteiger partial charge is 0.457 e. The Morgan fingerprint density at radius 2 is 1.79 bits per heavy atom. The zero-order valence-electron chi connectivity index (χ0n) is 19.5. The van der Waals surface area contributed by atoms with Gasteiger partial charge in [-0.3, -0.25) is 9.59 Å². The molecule has 3 heterocycles. The number of hydrogen-bond acceptors (Lipinski definition) is 5. The molecule has 34 heavy (non-hydrogen) atoms. The van der Waals surface area contributed by atoms with E-state index in [4.69, 9.17) is 4.74 Å². The van der Waals surface area contributed by atoms with E-state index in [-0.39, 0.29) is 30.3 Å². The Balaban J connectivity index is 1.26. The number of aromatic nitrogens is 1. The van der Waals surface area contributed by atoms with Crippen LogP contribution in [0.5, 0.6) is 0 Å². The number of ether oxygens (including phenoxy) is 1. The normalized spacial score (nSPS) is 14.1. The van der Waals surface area contributed by atoms with Gasteiger partial charge >= 0.3 is 12.0 Å². The lowest BCUT2D eigenvalue weighted by molar-refractivity contribution is -0.148. The number of hydrogen-bond donors (Lipinski definition) is 1. The minimum Gasteiger partial charge on any atom is -0.457 e. The molecule has 0 aliphatic carbocycles. The fraction of sp³-hybridized carbons (Fsp3) is 0.346. The van der Waals surface area contributed by atoms with Gasteiger partial charge in [0.2, 0.25) is 5.78 Å². The van der Waals surface area contributed by atoms with E-state index in [0.717, 1.165) is 23.6 Å². The van der Waals surface area contributed by atoms with Crippen LogP contribution in [0.15, 0.2) is 53.9 Å². The summed E-state index contributed by atoms with van der Waals surface area (Å²) in [7, 11) is 0. The fourth-order valence-electron chi connectivity index (χ4n) is 4.26. The van der Waals surface area contributed by atoms with E-state index in [9.17, 15) is 14.4 Å². The van der Waals surface area contributed by atoms with Crippen molar-refractivity contribution in [3.05, 3.63) is 75.7 Å². The highest BCUT2D eigenvalue weighted by Gasteiger charge is 2.29. The Bertz CT molecular complexity index is 1150. The summed E-state index contributed by atoms with van der Waals surface area (Å²) in [5.74, 6) is -0.873. The number of benzene rings is 1. The second-order valence-electron chi connectivity index (χ2n) is 8.54. The molecule has 2 aromatic heterocycles. The molecule has 0 saturated carbocycles. The smallest absolute Gasteiger partial charge is 0.321 e. The van der Waals surface area contributed by atoms with Crippen molar-refractivity contribution in [2.75, 3.05) is 25.0 Å². The quantitative estimate of drug-likeness (QED) is 0.387. The van der Waals surface area contributed by atoms with Crippen molar-refractivity contribution in [3.8, 4) is 0 Å². The molecule has 178 valence electrons. The van der Waals surface area contributed by atoms with Crippen LogP contribution in [0.3, 0.4) is 0 Å². The number of aryl methyl sites for hydroxylation is 1. The van der Waals surface area contributed by atoms with Gasteiger partial charge in [-0.15, -0.1) is 11.3 Å². The van der Waals surface area contributed by atoms with E-state index in [1.54, 1.807) is 16.2 Å². The number of ketones is 1. The first kappa shape index (κ1) is 23.8. The third-order valence-electron chi connectivity index (χ3n) is 6.25. The highest BCUT2D eigenvalue weighted by atomic mass is 32.1. The lowest BCUT2D eigenvalue weighted by Crippen LogP contribution is -2.42. The maximum absolute atomic E-state index is 12.8. The van der Waals surface area contributed by atoms with Gasteiger partial charge < -0.3 is 19.5 Å². The summed E-state index contributed by atoms with van der Waals surface area (Å²) in [6, 6.07) is 15.1. The predicted molar refractivity (Wildman–Crippen MR) is 132 cm³/mol. The summed E-state index contributed by atoms with van der Waals surface area (Å²) in [6.45, 7) is 5.29. The molecule has 1 aromatic carbocycles. The van der Waals surface area contributed by atoms with Gasteiger partial charge in [-0.2, -0.15) is 0 Å². The maximum atomic E-state index is 12.8. The number of amides is 2. The second kappa shape index (κ2) is 10.7. The molecule has 1 saturated heterocycles. The lowest BCUT2D eigenvalue weighted by atomic mass is 9.97. The number of para-hydroxylation sites is 1. The van der Waals surface area contributed by atoms with E-state index < -0.39 is 0 Å². The molecule has 8 heteroatoms. The minimum absolute atomic E-state index is 0.175. The molecule has 1 aliphatic rings. The van der Waals surface area contributed by atoms with Crippen LogP contribution in [0.2, 0.25) is 0 Å².